The molecule has 6 nitrogen and oxygen atoms in total. The van der Waals surface area contributed by atoms with E-state index in [-0.39, 0.29) is 17.6 Å². The summed E-state index contributed by atoms with van der Waals surface area (Å²) in [6, 6.07) is 0. The minimum atomic E-state index is -3.41. The first-order valence-corrected chi connectivity index (χ1v) is 9.84. The fraction of sp³-hybridized carbons (Fsp3) is 0.800. The van der Waals surface area contributed by atoms with Crippen LogP contribution in [-0.4, -0.2) is 62.6 Å². The molecule has 0 aromatic rings. The largest absolute Gasteiger partial charge is 0.340 e. The highest BCUT2D eigenvalue weighted by atomic mass is 32.2. The number of piperazine rings is 1. The molecule has 1 amide bonds. The Morgan fingerprint density at radius 2 is 1.77 bits per heavy atom. The summed E-state index contributed by atoms with van der Waals surface area (Å²) in [4.78, 5) is 16.6. The second-order valence-electron chi connectivity index (χ2n) is 6.21. The van der Waals surface area contributed by atoms with Gasteiger partial charge in [0.25, 0.3) is 0 Å². The Labute approximate surface area is 133 Å². The average molecular weight is 329 g/mol. The van der Waals surface area contributed by atoms with Crippen LogP contribution in [0.25, 0.3) is 0 Å². The number of hydrogen-bond acceptors (Lipinski definition) is 4. The summed E-state index contributed by atoms with van der Waals surface area (Å²) in [6.45, 7) is 3.29. The zero-order chi connectivity index (χ0) is 16.0. The molecular weight excluding hydrogens is 302 g/mol. The fourth-order valence-electron chi connectivity index (χ4n) is 3.11. The van der Waals surface area contributed by atoms with Crippen molar-refractivity contribution in [2.24, 2.45) is 11.1 Å². The molecular formula is C15H27N3O3S. The van der Waals surface area contributed by atoms with Crippen molar-refractivity contribution < 1.29 is 13.2 Å². The SMILES string of the molecule is NS(=O)(=O)CCN1CCN(C(=O)C2CCC=CCCC2)CC1. The minimum Gasteiger partial charge on any atom is -0.340 e. The molecule has 1 aliphatic carbocycles. The number of allylic oxidation sites excluding steroid dienone is 2. The van der Waals surface area contributed by atoms with Crippen LogP contribution in [0, 0.1) is 5.92 Å². The van der Waals surface area contributed by atoms with Crippen molar-refractivity contribution in [3.8, 4) is 0 Å². The number of nitrogens with zero attached hydrogens (tertiary/aromatic N) is 2. The monoisotopic (exact) mass is 329 g/mol. The van der Waals surface area contributed by atoms with Crippen LogP contribution in [0.2, 0.25) is 0 Å². The molecule has 0 saturated carbocycles. The number of primary sulfonamides is 1. The summed E-state index contributed by atoms with van der Waals surface area (Å²) in [5, 5.41) is 5.03. The van der Waals surface area contributed by atoms with Gasteiger partial charge in [0.15, 0.2) is 0 Å². The third-order valence-corrected chi connectivity index (χ3v) is 5.25. The van der Waals surface area contributed by atoms with Gasteiger partial charge in [-0.05, 0) is 32.1 Å². The number of nitrogens with two attached hydrogens (primary N) is 1. The van der Waals surface area contributed by atoms with E-state index in [0.717, 1.165) is 45.2 Å². The van der Waals surface area contributed by atoms with Gasteiger partial charge in [-0.25, -0.2) is 13.6 Å². The Balaban J connectivity index is 1.78. The molecule has 22 heavy (non-hydrogen) atoms. The smallest absolute Gasteiger partial charge is 0.225 e. The number of amides is 1. The third-order valence-electron chi connectivity index (χ3n) is 4.50. The molecule has 1 saturated heterocycles. The predicted molar refractivity (Wildman–Crippen MR) is 86.7 cm³/mol. The summed E-state index contributed by atoms with van der Waals surface area (Å²) in [5.74, 6) is 0.415. The summed E-state index contributed by atoms with van der Waals surface area (Å²) in [6.07, 6.45) is 9.47. The van der Waals surface area contributed by atoms with Crippen LogP contribution in [0.3, 0.4) is 0 Å². The van der Waals surface area contributed by atoms with Gasteiger partial charge in [0, 0.05) is 38.6 Å². The normalized spacial score (nSPS) is 24.8. The molecule has 2 aliphatic rings. The lowest BCUT2D eigenvalue weighted by atomic mass is 9.92. The van der Waals surface area contributed by atoms with E-state index in [9.17, 15) is 13.2 Å². The van der Waals surface area contributed by atoms with E-state index in [4.69, 9.17) is 5.14 Å². The zero-order valence-electron chi connectivity index (χ0n) is 13.1. The highest BCUT2D eigenvalue weighted by Crippen LogP contribution is 2.21. The quantitative estimate of drug-likeness (QED) is 0.764. The molecule has 2 N–H and O–H groups in total. The molecule has 1 fully saturated rings. The first kappa shape index (κ1) is 17.4. The first-order chi connectivity index (χ1) is 10.5. The van der Waals surface area contributed by atoms with Gasteiger partial charge < -0.3 is 4.90 Å². The Bertz CT molecular complexity index is 496. The van der Waals surface area contributed by atoms with Crippen molar-refractivity contribution in [3.05, 3.63) is 12.2 Å². The van der Waals surface area contributed by atoms with Crippen molar-refractivity contribution >= 4 is 15.9 Å². The van der Waals surface area contributed by atoms with Crippen molar-refractivity contribution in [3.63, 3.8) is 0 Å². The van der Waals surface area contributed by atoms with Crippen LogP contribution in [0.15, 0.2) is 12.2 Å². The fourth-order valence-corrected chi connectivity index (χ4v) is 3.63. The number of rotatable bonds is 4. The Hall–Kier alpha value is -0.920. The highest BCUT2D eigenvalue weighted by molar-refractivity contribution is 7.89. The molecule has 0 aromatic carbocycles. The van der Waals surface area contributed by atoms with Crippen molar-refractivity contribution in [2.75, 3.05) is 38.5 Å². The maximum Gasteiger partial charge on any atom is 0.225 e. The lowest BCUT2D eigenvalue weighted by Gasteiger charge is -2.36. The molecule has 0 spiro atoms. The standard InChI is InChI=1S/C15H27N3O3S/c16-22(20,21)13-12-17-8-10-18(11-9-17)15(19)14-6-4-2-1-3-5-7-14/h1-2,14H,3-13H2,(H2,16,20,21). The zero-order valence-corrected chi connectivity index (χ0v) is 13.9. The molecule has 7 heteroatoms. The van der Waals surface area contributed by atoms with Gasteiger partial charge in [0.05, 0.1) is 5.75 Å². The van der Waals surface area contributed by atoms with Gasteiger partial charge in [0.1, 0.15) is 0 Å². The number of hydrogen-bond donors (Lipinski definition) is 1. The molecule has 2 rings (SSSR count). The van der Waals surface area contributed by atoms with E-state index < -0.39 is 10.0 Å². The lowest BCUT2D eigenvalue weighted by Crippen LogP contribution is -2.51. The van der Waals surface area contributed by atoms with Crippen LogP contribution in [0.1, 0.15) is 32.1 Å². The van der Waals surface area contributed by atoms with Crippen LogP contribution >= 0.6 is 0 Å². The highest BCUT2D eigenvalue weighted by Gasteiger charge is 2.27. The maximum atomic E-state index is 12.6. The summed E-state index contributed by atoms with van der Waals surface area (Å²) in [7, 11) is -3.41. The van der Waals surface area contributed by atoms with Crippen molar-refractivity contribution in [2.45, 2.75) is 32.1 Å². The number of carbonyl (C=O) groups excluding carboxylic acids is 1. The van der Waals surface area contributed by atoms with Gasteiger partial charge in [-0.3, -0.25) is 9.69 Å². The Morgan fingerprint density at radius 3 is 2.45 bits per heavy atom. The molecule has 0 aromatic heterocycles. The first-order valence-electron chi connectivity index (χ1n) is 8.12. The van der Waals surface area contributed by atoms with Gasteiger partial charge in [-0.2, -0.15) is 0 Å². The van der Waals surface area contributed by atoms with Crippen LogP contribution in [0.5, 0.6) is 0 Å². The van der Waals surface area contributed by atoms with Crippen LogP contribution in [0.4, 0.5) is 0 Å². The van der Waals surface area contributed by atoms with Crippen LogP contribution in [-0.2, 0) is 14.8 Å². The van der Waals surface area contributed by atoms with Gasteiger partial charge in [-0.1, -0.05) is 12.2 Å². The minimum absolute atomic E-state index is 0.0180. The van der Waals surface area contributed by atoms with E-state index in [1.165, 1.54) is 0 Å². The molecule has 1 aliphatic heterocycles. The maximum absolute atomic E-state index is 12.6. The predicted octanol–water partition coefficient (Wildman–Crippen LogP) is 0.556. The molecule has 0 bridgehead atoms. The van der Waals surface area contributed by atoms with Crippen LogP contribution < -0.4 is 5.14 Å². The molecule has 126 valence electrons. The molecule has 1 heterocycles. The molecule has 0 radical (unpaired) electrons. The van der Waals surface area contributed by atoms with Crippen molar-refractivity contribution in [1.29, 1.82) is 0 Å². The van der Waals surface area contributed by atoms with Gasteiger partial charge in [0.2, 0.25) is 15.9 Å². The van der Waals surface area contributed by atoms with E-state index in [1.54, 1.807) is 0 Å². The number of sulfonamides is 1. The average Bonchev–Trinajstić information content (AvgIpc) is 2.44. The molecule has 1 unspecified atom stereocenters. The summed E-state index contributed by atoms with van der Waals surface area (Å²) >= 11 is 0. The van der Waals surface area contributed by atoms with Gasteiger partial charge in [-0.15, -0.1) is 0 Å². The van der Waals surface area contributed by atoms with Crippen molar-refractivity contribution in [1.82, 2.24) is 9.80 Å². The van der Waals surface area contributed by atoms with E-state index in [1.807, 2.05) is 4.90 Å². The molecule has 1 atom stereocenters. The Kier molecular flexibility index (Phi) is 6.40. The Morgan fingerprint density at radius 1 is 1.09 bits per heavy atom. The van der Waals surface area contributed by atoms with E-state index in [0.29, 0.717) is 19.6 Å². The van der Waals surface area contributed by atoms with Gasteiger partial charge >= 0.3 is 0 Å². The second kappa shape index (κ2) is 8.08. The van der Waals surface area contributed by atoms with E-state index >= 15 is 0 Å². The van der Waals surface area contributed by atoms with E-state index in [2.05, 4.69) is 17.1 Å². The second-order valence-corrected chi connectivity index (χ2v) is 7.94. The summed E-state index contributed by atoms with van der Waals surface area (Å²) in [5.41, 5.74) is 0. The summed E-state index contributed by atoms with van der Waals surface area (Å²) < 4.78 is 22.0. The number of carbonyl (C=O) groups is 1. The lowest BCUT2D eigenvalue weighted by molar-refractivity contribution is -0.137. The topological polar surface area (TPSA) is 83.7 Å². The third kappa shape index (κ3) is 5.70.